The Hall–Kier alpha value is -1.55. The first-order valence-corrected chi connectivity index (χ1v) is 6.51. The normalized spacial score (nSPS) is 12.1. The summed E-state index contributed by atoms with van der Waals surface area (Å²) in [5.41, 5.74) is 1.02. The van der Waals surface area contributed by atoms with Gasteiger partial charge in [-0.25, -0.2) is 4.98 Å². The SMILES string of the molecule is CCC(Nc1ccc(OC)nc1)c1cccs1. The summed E-state index contributed by atoms with van der Waals surface area (Å²) in [6.45, 7) is 2.17. The summed E-state index contributed by atoms with van der Waals surface area (Å²) < 4.78 is 5.04. The fourth-order valence-corrected chi connectivity index (χ4v) is 2.51. The van der Waals surface area contributed by atoms with Gasteiger partial charge in [0.05, 0.1) is 25.0 Å². The summed E-state index contributed by atoms with van der Waals surface area (Å²) in [6.07, 6.45) is 2.85. The minimum Gasteiger partial charge on any atom is -0.481 e. The Kier molecular flexibility index (Phi) is 3.98. The third-order valence-electron chi connectivity index (χ3n) is 2.58. The summed E-state index contributed by atoms with van der Waals surface area (Å²) >= 11 is 1.77. The zero-order chi connectivity index (χ0) is 12.1. The van der Waals surface area contributed by atoms with Crippen molar-refractivity contribution < 1.29 is 4.74 Å². The van der Waals surface area contributed by atoms with E-state index < -0.39 is 0 Å². The molecule has 0 spiro atoms. The van der Waals surface area contributed by atoms with Crippen LogP contribution >= 0.6 is 11.3 Å². The van der Waals surface area contributed by atoms with Crippen LogP contribution in [0.3, 0.4) is 0 Å². The standard InChI is InChI=1S/C13H16N2OS/c1-3-11(12-5-4-8-17-12)15-10-6-7-13(16-2)14-9-10/h4-9,11,15H,3H2,1-2H3. The first-order valence-electron chi connectivity index (χ1n) is 5.63. The largest absolute Gasteiger partial charge is 0.481 e. The van der Waals surface area contributed by atoms with E-state index in [-0.39, 0.29) is 0 Å². The molecule has 2 aromatic heterocycles. The van der Waals surface area contributed by atoms with Crippen molar-refractivity contribution in [1.29, 1.82) is 0 Å². The molecule has 0 bridgehead atoms. The van der Waals surface area contributed by atoms with Crippen molar-refractivity contribution in [3.8, 4) is 5.88 Å². The van der Waals surface area contributed by atoms with Gasteiger partial charge < -0.3 is 10.1 Å². The Bertz CT molecular complexity index is 439. The van der Waals surface area contributed by atoms with E-state index in [1.54, 1.807) is 24.6 Å². The first kappa shape index (κ1) is 11.9. The molecule has 0 aliphatic carbocycles. The molecule has 0 aliphatic rings. The summed E-state index contributed by atoms with van der Waals surface area (Å²) in [6, 6.07) is 8.44. The van der Waals surface area contributed by atoms with Crippen LogP contribution in [-0.2, 0) is 0 Å². The fourth-order valence-electron chi connectivity index (χ4n) is 1.65. The highest BCUT2D eigenvalue weighted by Gasteiger charge is 2.09. The van der Waals surface area contributed by atoms with Crippen LogP contribution < -0.4 is 10.1 Å². The van der Waals surface area contributed by atoms with E-state index in [4.69, 9.17) is 4.74 Å². The van der Waals surface area contributed by atoms with Crippen LogP contribution in [0.5, 0.6) is 5.88 Å². The van der Waals surface area contributed by atoms with Crippen molar-refractivity contribution in [2.75, 3.05) is 12.4 Å². The molecule has 0 amide bonds. The zero-order valence-electron chi connectivity index (χ0n) is 10.0. The molecule has 2 heterocycles. The molecular weight excluding hydrogens is 232 g/mol. The van der Waals surface area contributed by atoms with Crippen molar-refractivity contribution in [1.82, 2.24) is 4.98 Å². The average molecular weight is 248 g/mol. The number of ether oxygens (including phenoxy) is 1. The lowest BCUT2D eigenvalue weighted by atomic mass is 10.2. The third-order valence-corrected chi connectivity index (χ3v) is 3.57. The summed E-state index contributed by atoms with van der Waals surface area (Å²) in [7, 11) is 1.62. The van der Waals surface area contributed by atoms with Crippen molar-refractivity contribution in [3.05, 3.63) is 40.7 Å². The number of pyridine rings is 1. The average Bonchev–Trinajstić information content (AvgIpc) is 2.90. The Labute approximate surface area is 105 Å². The number of anilines is 1. The molecule has 3 nitrogen and oxygen atoms in total. The Morgan fingerprint density at radius 2 is 2.29 bits per heavy atom. The van der Waals surface area contributed by atoms with Crippen LogP contribution in [0.1, 0.15) is 24.3 Å². The number of thiophene rings is 1. The highest BCUT2D eigenvalue weighted by molar-refractivity contribution is 7.10. The van der Waals surface area contributed by atoms with Gasteiger partial charge in [-0.15, -0.1) is 11.3 Å². The van der Waals surface area contributed by atoms with Crippen LogP contribution in [0.4, 0.5) is 5.69 Å². The molecule has 2 aromatic rings. The molecule has 1 N–H and O–H groups in total. The Morgan fingerprint density at radius 3 is 2.82 bits per heavy atom. The van der Waals surface area contributed by atoms with E-state index in [1.165, 1.54) is 4.88 Å². The van der Waals surface area contributed by atoms with Crippen molar-refractivity contribution in [2.24, 2.45) is 0 Å². The van der Waals surface area contributed by atoms with E-state index in [0.717, 1.165) is 12.1 Å². The van der Waals surface area contributed by atoms with Gasteiger partial charge in [0.1, 0.15) is 0 Å². The molecule has 1 atom stereocenters. The minimum atomic E-state index is 0.352. The molecule has 0 aromatic carbocycles. The molecule has 0 saturated carbocycles. The van der Waals surface area contributed by atoms with Gasteiger partial charge >= 0.3 is 0 Å². The number of rotatable bonds is 5. The van der Waals surface area contributed by atoms with Gasteiger partial charge in [-0.1, -0.05) is 13.0 Å². The van der Waals surface area contributed by atoms with Crippen molar-refractivity contribution in [3.63, 3.8) is 0 Å². The van der Waals surface area contributed by atoms with Crippen molar-refractivity contribution >= 4 is 17.0 Å². The molecule has 0 radical (unpaired) electrons. The molecule has 17 heavy (non-hydrogen) atoms. The van der Waals surface area contributed by atoms with Gasteiger partial charge in [0.15, 0.2) is 0 Å². The summed E-state index contributed by atoms with van der Waals surface area (Å²) in [5.74, 6) is 0.639. The van der Waals surface area contributed by atoms with Gasteiger partial charge in [-0.05, 0) is 23.9 Å². The number of nitrogens with one attached hydrogen (secondary N) is 1. The van der Waals surface area contributed by atoms with Gasteiger partial charge in [0.2, 0.25) is 5.88 Å². The number of methoxy groups -OCH3 is 1. The lowest BCUT2D eigenvalue weighted by Crippen LogP contribution is -2.08. The summed E-state index contributed by atoms with van der Waals surface area (Å²) in [4.78, 5) is 5.53. The molecule has 1 unspecified atom stereocenters. The van der Waals surface area contributed by atoms with Crippen LogP contribution in [0.15, 0.2) is 35.8 Å². The number of nitrogens with zero attached hydrogens (tertiary/aromatic N) is 1. The van der Waals surface area contributed by atoms with Crippen LogP contribution in [0.2, 0.25) is 0 Å². The van der Waals surface area contributed by atoms with Crippen LogP contribution in [0, 0.1) is 0 Å². The highest BCUT2D eigenvalue weighted by Crippen LogP contribution is 2.26. The quantitative estimate of drug-likeness (QED) is 0.875. The first-order chi connectivity index (χ1) is 8.33. The monoisotopic (exact) mass is 248 g/mol. The second-order valence-electron chi connectivity index (χ2n) is 3.71. The molecule has 2 rings (SSSR count). The lowest BCUT2D eigenvalue weighted by Gasteiger charge is -2.16. The lowest BCUT2D eigenvalue weighted by molar-refractivity contribution is 0.398. The molecule has 4 heteroatoms. The maximum atomic E-state index is 5.04. The second-order valence-corrected chi connectivity index (χ2v) is 4.69. The Morgan fingerprint density at radius 1 is 1.41 bits per heavy atom. The third kappa shape index (κ3) is 2.97. The Balaban J connectivity index is 2.07. The van der Waals surface area contributed by atoms with E-state index in [1.807, 2.05) is 12.1 Å². The van der Waals surface area contributed by atoms with E-state index >= 15 is 0 Å². The summed E-state index contributed by atoms with van der Waals surface area (Å²) in [5, 5.41) is 5.58. The van der Waals surface area contributed by atoms with Gasteiger partial charge in [-0.3, -0.25) is 0 Å². The maximum Gasteiger partial charge on any atom is 0.213 e. The molecule has 90 valence electrons. The van der Waals surface area contributed by atoms with E-state index in [9.17, 15) is 0 Å². The predicted octanol–water partition coefficient (Wildman–Crippen LogP) is 3.71. The smallest absolute Gasteiger partial charge is 0.213 e. The molecule has 0 saturated heterocycles. The van der Waals surface area contributed by atoms with Crippen LogP contribution in [-0.4, -0.2) is 12.1 Å². The molecule has 0 aliphatic heterocycles. The van der Waals surface area contributed by atoms with Crippen molar-refractivity contribution in [2.45, 2.75) is 19.4 Å². The zero-order valence-corrected chi connectivity index (χ0v) is 10.8. The van der Waals surface area contributed by atoms with E-state index in [0.29, 0.717) is 11.9 Å². The van der Waals surface area contributed by atoms with Crippen LogP contribution in [0.25, 0.3) is 0 Å². The van der Waals surface area contributed by atoms with Gasteiger partial charge in [0, 0.05) is 10.9 Å². The molecule has 0 fully saturated rings. The fraction of sp³-hybridized carbons (Fsp3) is 0.308. The van der Waals surface area contributed by atoms with Gasteiger partial charge in [0.25, 0.3) is 0 Å². The highest BCUT2D eigenvalue weighted by atomic mass is 32.1. The minimum absolute atomic E-state index is 0.352. The maximum absolute atomic E-state index is 5.04. The van der Waals surface area contributed by atoms with Gasteiger partial charge in [-0.2, -0.15) is 0 Å². The topological polar surface area (TPSA) is 34.1 Å². The predicted molar refractivity (Wildman–Crippen MR) is 71.8 cm³/mol. The second kappa shape index (κ2) is 5.68. The molecular formula is C13H16N2OS. The number of hydrogen-bond donors (Lipinski definition) is 1. The van der Waals surface area contributed by atoms with E-state index in [2.05, 4.69) is 34.7 Å². The number of aromatic nitrogens is 1. The number of hydrogen-bond acceptors (Lipinski definition) is 4.